The Kier molecular flexibility index (Phi) is 4.88. The number of aryl methyl sites for hydroxylation is 1. The van der Waals surface area contributed by atoms with Crippen LogP contribution in [-0.4, -0.2) is 32.3 Å². The van der Waals surface area contributed by atoms with Crippen molar-refractivity contribution in [1.82, 2.24) is 19.7 Å². The average molecular weight is 364 g/mol. The van der Waals surface area contributed by atoms with Crippen molar-refractivity contribution in [2.24, 2.45) is 5.92 Å². The Morgan fingerprint density at radius 1 is 1.15 bits per heavy atom. The highest BCUT2D eigenvalue weighted by Gasteiger charge is 2.29. The van der Waals surface area contributed by atoms with E-state index in [1.54, 1.807) is 0 Å². The molecule has 1 fully saturated rings. The molecule has 1 aliphatic carbocycles. The Labute approximate surface area is 158 Å². The summed E-state index contributed by atoms with van der Waals surface area (Å²) in [5.41, 5.74) is 2.86. The summed E-state index contributed by atoms with van der Waals surface area (Å²) in [6.45, 7) is 4.22. The van der Waals surface area contributed by atoms with Crippen LogP contribution in [0.4, 0.5) is 0 Å². The summed E-state index contributed by atoms with van der Waals surface area (Å²) in [4.78, 5) is 21.3. The van der Waals surface area contributed by atoms with Crippen LogP contribution in [0.2, 0.25) is 0 Å². The van der Waals surface area contributed by atoms with Crippen LogP contribution in [0, 0.1) is 12.8 Å². The second kappa shape index (κ2) is 7.47. The first-order valence-corrected chi connectivity index (χ1v) is 9.61. The lowest BCUT2D eigenvalue weighted by Gasteiger charge is -2.27. The number of hydrogen-bond acceptors (Lipinski definition) is 5. The molecule has 140 valence electrons. The fourth-order valence-electron chi connectivity index (χ4n) is 3.93. The number of nitrogens with zero attached hydrogens (tertiary/aromatic N) is 4. The molecule has 0 radical (unpaired) electrons. The van der Waals surface area contributed by atoms with Gasteiger partial charge in [0.25, 0.3) is 0 Å². The maximum atomic E-state index is 12.0. The Morgan fingerprint density at radius 2 is 1.89 bits per heavy atom. The molecule has 6 heteroatoms. The van der Waals surface area contributed by atoms with Crippen molar-refractivity contribution in [2.45, 2.75) is 45.6 Å². The molecule has 1 aliphatic rings. The van der Waals surface area contributed by atoms with Crippen molar-refractivity contribution in [3.8, 4) is 11.3 Å². The number of esters is 1. The maximum absolute atomic E-state index is 12.0. The molecule has 0 unspecified atom stereocenters. The van der Waals surface area contributed by atoms with Gasteiger partial charge in [0.05, 0.1) is 35.8 Å². The normalized spacial score (nSPS) is 19.9. The van der Waals surface area contributed by atoms with E-state index in [-0.39, 0.29) is 17.9 Å². The molecule has 6 nitrogen and oxygen atoms in total. The van der Waals surface area contributed by atoms with Gasteiger partial charge in [0.15, 0.2) is 5.65 Å². The van der Waals surface area contributed by atoms with Crippen molar-refractivity contribution in [2.75, 3.05) is 6.61 Å². The second-order valence-electron chi connectivity index (χ2n) is 7.07. The van der Waals surface area contributed by atoms with E-state index in [1.807, 2.05) is 42.9 Å². The summed E-state index contributed by atoms with van der Waals surface area (Å²) in [6, 6.07) is 10.4. The zero-order valence-electron chi connectivity index (χ0n) is 15.8. The molecule has 3 aromatic rings. The van der Waals surface area contributed by atoms with Crippen molar-refractivity contribution < 1.29 is 9.53 Å². The smallest absolute Gasteiger partial charge is 0.308 e. The van der Waals surface area contributed by atoms with Gasteiger partial charge in [-0.1, -0.05) is 30.3 Å². The van der Waals surface area contributed by atoms with E-state index >= 15 is 0 Å². The topological polar surface area (TPSA) is 69.9 Å². The van der Waals surface area contributed by atoms with E-state index in [2.05, 4.69) is 27.2 Å². The van der Waals surface area contributed by atoms with Crippen LogP contribution >= 0.6 is 0 Å². The van der Waals surface area contributed by atoms with Gasteiger partial charge < -0.3 is 4.74 Å². The molecular weight excluding hydrogens is 340 g/mol. The quantitative estimate of drug-likeness (QED) is 0.652. The van der Waals surface area contributed by atoms with Crippen LogP contribution < -0.4 is 0 Å². The van der Waals surface area contributed by atoms with Crippen molar-refractivity contribution in [1.29, 1.82) is 0 Å². The number of ether oxygens (including phenoxy) is 1. The van der Waals surface area contributed by atoms with Gasteiger partial charge in [-0.15, -0.1) is 0 Å². The van der Waals surface area contributed by atoms with Gasteiger partial charge in [0.2, 0.25) is 0 Å². The van der Waals surface area contributed by atoms with Crippen LogP contribution in [0.25, 0.3) is 22.3 Å². The maximum Gasteiger partial charge on any atom is 0.308 e. The first kappa shape index (κ1) is 17.6. The van der Waals surface area contributed by atoms with Gasteiger partial charge in [0, 0.05) is 5.56 Å². The Balaban J connectivity index is 1.63. The average Bonchev–Trinajstić information content (AvgIpc) is 3.12. The molecule has 0 aliphatic heterocycles. The van der Waals surface area contributed by atoms with Crippen molar-refractivity contribution >= 4 is 17.0 Å². The van der Waals surface area contributed by atoms with Gasteiger partial charge in [-0.2, -0.15) is 5.10 Å². The number of aromatic nitrogens is 4. The minimum Gasteiger partial charge on any atom is -0.466 e. The molecule has 4 rings (SSSR count). The van der Waals surface area contributed by atoms with Gasteiger partial charge in [-0.05, 0) is 39.5 Å². The molecule has 0 N–H and O–H groups in total. The number of benzene rings is 1. The van der Waals surface area contributed by atoms with Crippen LogP contribution in [0.1, 0.15) is 44.5 Å². The minimum atomic E-state index is -0.0641. The van der Waals surface area contributed by atoms with E-state index in [4.69, 9.17) is 4.74 Å². The Morgan fingerprint density at radius 3 is 2.59 bits per heavy atom. The van der Waals surface area contributed by atoms with Gasteiger partial charge in [-0.3, -0.25) is 4.79 Å². The highest BCUT2D eigenvalue weighted by molar-refractivity contribution is 5.90. The zero-order valence-corrected chi connectivity index (χ0v) is 15.8. The summed E-state index contributed by atoms with van der Waals surface area (Å²) in [6.07, 6.45) is 5.35. The number of carbonyl (C=O) groups excluding carboxylic acids is 1. The lowest BCUT2D eigenvalue weighted by atomic mass is 9.86. The number of fused-ring (bicyclic) bond motifs is 1. The summed E-state index contributed by atoms with van der Waals surface area (Å²) >= 11 is 0. The SMILES string of the molecule is CCOC(=O)C1CCC(n2ncc3c(-c4ccccc4)nc(C)nc32)CC1. The Hall–Kier alpha value is -2.76. The lowest BCUT2D eigenvalue weighted by molar-refractivity contribution is -0.149. The molecular formula is C21H24N4O2. The predicted octanol–water partition coefficient (Wildman–Crippen LogP) is 4.10. The molecule has 0 amide bonds. The van der Waals surface area contributed by atoms with E-state index < -0.39 is 0 Å². The van der Waals surface area contributed by atoms with Crippen molar-refractivity contribution in [3.63, 3.8) is 0 Å². The van der Waals surface area contributed by atoms with Crippen LogP contribution in [0.3, 0.4) is 0 Å². The molecule has 0 bridgehead atoms. The third-order valence-corrected chi connectivity index (χ3v) is 5.28. The van der Waals surface area contributed by atoms with Gasteiger partial charge in [-0.25, -0.2) is 14.6 Å². The fourth-order valence-corrected chi connectivity index (χ4v) is 3.93. The summed E-state index contributed by atoms with van der Waals surface area (Å²) in [7, 11) is 0. The molecule has 1 saturated carbocycles. The number of rotatable bonds is 4. The molecule has 2 aromatic heterocycles. The summed E-state index contributed by atoms with van der Waals surface area (Å²) in [5.74, 6) is 0.688. The third-order valence-electron chi connectivity index (χ3n) is 5.28. The standard InChI is InChI=1S/C21H24N4O2/c1-3-27-21(26)16-9-11-17(12-10-16)25-20-18(13-22-25)19(23-14(2)24-20)15-7-5-4-6-8-15/h4-8,13,16-17H,3,9-12H2,1-2H3. The monoisotopic (exact) mass is 364 g/mol. The van der Waals surface area contributed by atoms with E-state index in [1.165, 1.54) is 0 Å². The first-order valence-electron chi connectivity index (χ1n) is 9.61. The van der Waals surface area contributed by atoms with Crippen LogP contribution in [0.15, 0.2) is 36.5 Å². The van der Waals surface area contributed by atoms with Crippen LogP contribution in [0.5, 0.6) is 0 Å². The molecule has 0 saturated heterocycles. The van der Waals surface area contributed by atoms with E-state index in [9.17, 15) is 4.79 Å². The van der Waals surface area contributed by atoms with Crippen molar-refractivity contribution in [3.05, 3.63) is 42.4 Å². The highest BCUT2D eigenvalue weighted by Crippen LogP contribution is 2.35. The molecule has 2 heterocycles. The van der Waals surface area contributed by atoms with Gasteiger partial charge in [0.1, 0.15) is 5.82 Å². The summed E-state index contributed by atoms with van der Waals surface area (Å²) < 4.78 is 7.20. The largest absolute Gasteiger partial charge is 0.466 e. The third kappa shape index (κ3) is 3.44. The lowest BCUT2D eigenvalue weighted by Crippen LogP contribution is -2.25. The fraction of sp³-hybridized carbons (Fsp3) is 0.429. The predicted molar refractivity (Wildman–Crippen MR) is 103 cm³/mol. The van der Waals surface area contributed by atoms with Gasteiger partial charge >= 0.3 is 5.97 Å². The summed E-state index contributed by atoms with van der Waals surface area (Å²) in [5, 5.41) is 5.62. The van der Waals surface area contributed by atoms with E-state index in [0.29, 0.717) is 6.61 Å². The first-order chi connectivity index (χ1) is 13.2. The zero-order chi connectivity index (χ0) is 18.8. The minimum absolute atomic E-state index is 0.0132. The molecule has 1 aromatic carbocycles. The highest BCUT2D eigenvalue weighted by atomic mass is 16.5. The Bertz CT molecular complexity index is 943. The molecule has 0 atom stereocenters. The number of hydrogen-bond donors (Lipinski definition) is 0. The molecule has 0 spiro atoms. The number of carbonyl (C=O) groups is 1. The second-order valence-corrected chi connectivity index (χ2v) is 7.07. The van der Waals surface area contributed by atoms with Crippen LogP contribution in [-0.2, 0) is 9.53 Å². The molecule has 27 heavy (non-hydrogen) atoms. The van der Waals surface area contributed by atoms with E-state index in [0.717, 1.165) is 53.8 Å².